The van der Waals surface area contributed by atoms with Crippen LogP contribution < -0.4 is 10.6 Å². The van der Waals surface area contributed by atoms with Crippen molar-refractivity contribution in [3.8, 4) is 0 Å². The van der Waals surface area contributed by atoms with E-state index in [0.717, 1.165) is 16.5 Å². The number of rotatable bonds is 4. The summed E-state index contributed by atoms with van der Waals surface area (Å²) in [5.74, 6) is -0.702. The average Bonchev–Trinajstić information content (AvgIpc) is 3.02. The van der Waals surface area contributed by atoms with Crippen LogP contribution in [0.25, 0.3) is 10.8 Å². The third-order valence-corrected chi connectivity index (χ3v) is 5.77. The molecule has 3 rings (SSSR count). The molecular weight excluding hydrogens is 406 g/mol. The molecule has 0 radical (unpaired) electrons. The van der Waals surface area contributed by atoms with E-state index in [9.17, 15) is 9.59 Å². The summed E-state index contributed by atoms with van der Waals surface area (Å²) < 4.78 is 4.90. The number of fused-ring (bicyclic) bond motifs is 1. The first kappa shape index (κ1) is 20.8. The molecule has 0 spiro atoms. The van der Waals surface area contributed by atoms with Crippen LogP contribution in [0.5, 0.6) is 0 Å². The minimum atomic E-state index is -0.521. The number of carbonyl (C=O) groups excluding carboxylic acids is 2. The fourth-order valence-corrected chi connectivity index (χ4v) is 4.39. The molecule has 3 aromatic rings. The van der Waals surface area contributed by atoms with Gasteiger partial charge in [-0.3, -0.25) is 4.79 Å². The van der Waals surface area contributed by atoms with Gasteiger partial charge in [-0.05, 0) is 47.6 Å². The molecule has 2 aromatic carbocycles. The van der Waals surface area contributed by atoms with E-state index in [1.54, 1.807) is 21.0 Å². The van der Waals surface area contributed by atoms with E-state index >= 15 is 0 Å². The van der Waals surface area contributed by atoms with Gasteiger partial charge in [0.2, 0.25) is 0 Å². The topological polar surface area (TPSA) is 70.7 Å². The number of hydrogen-bond donors (Lipinski definition) is 2. The van der Waals surface area contributed by atoms with Crippen LogP contribution >= 0.6 is 23.6 Å². The van der Waals surface area contributed by atoms with E-state index in [2.05, 4.69) is 10.6 Å². The lowest BCUT2D eigenvalue weighted by Gasteiger charge is -2.11. The van der Waals surface area contributed by atoms with Crippen molar-refractivity contribution in [1.82, 2.24) is 4.90 Å². The summed E-state index contributed by atoms with van der Waals surface area (Å²) in [6, 6.07) is 13.9. The first-order valence-corrected chi connectivity index (χ1v) is 10.0. The van der Waals surface area contributed by atoms with Crippen LogP contribution in [0.1, 0.15) is 25.6 Å². The zero-order valence-electron chi connectivity index (χ0n) is 16.5. The molecule has 0 atom stereocenters. The van der Waals surface area contributed by atoms with Crippen molar-refractivity contribution in [3.05, 3.63) is 58.5 Å². The summed E-state index contributed by atoms with van der Waals surface area (Å²) in [5.41, 5.74) is 1.70. The summed E-state index contributed by atoms with van der Waals surface area (Å²) in [6.45, 7) is 1.73. The van der Waals surface area contributed by atoms with Gasteiger partial charge in [-0.1, -0.05) is 30.3 Å². The quantitative estimate of drug-likeness (QED) is 0.472. The minimum Gasteiger partial charge on any atom is -0.465 e. The predicted octanol–water partition coefficient (Wildman–Crippen LogP) is 4.51. The second kappa shape index (κ2) is 8.59. The molecule has 1 aromatic heterocycles. The van der Waals surface area contributed by atoms with Crippen LogP contribution in [-0.4, -0.2) is 43.1 Å². The lowest BCUT2D eigenvalue weighted by molar-refractivity contribution is 0.0601. The molecular formula is C21H21N3O3S2. The van der Waals surface area contributed by atoms with E-state index in [4.69, 9.17) is 17.0 Å². The molecule has 0 unspecified atom stereocenters. The van der Waals surface area contributed by atoms with E-state index in [1.807, 2.05) is 42.5 Å². The molecule has 0 saturated carbocycles. The van der Waals surface area contributed by atoms with Gasteiger partial charge in [0.15, 0.2) is 5.11 Å². The van der Waals surface area contributed by atoms with Crippen molar-refractivity contribution in [2.75, 3.05) is 31.8 Å². The van der Waals surface area contributed by atoms with Crippen molar-refractivity contribution in [2.45, 2.75) is 6.92 Å². The Morgan fingerprint density at radius 1 is 1.07 bits per heavy atom. The van der Waals surface area contributed by atoms with Crippen LogP contribution in [0.2, 0.25) is 0 Å². The Hall–Kier alpha value is -2.97. The number of carbonyl (C=O) groups is 2. The van der Waals surface area contributed by atoms with Crippen LogP contribution in [0, 0.1) is 6.92 Å². The number of thiophene rings is 1. The number of amides is 1. The van der Waals surface area contributed by atoms with Gasteiger partial charge in [0, 0.05) is 19.8 Å². The van der Waals surface area contributed by atoms with E-state index < -0.39 is 5.97 Å². The Morgan fingerprint density at radius 2 is 1.76 bits per heavy atom. The van der Waals surface area contributed by atoms with E-state index in [1.165, 1.54) is 23.3 Å². The molecule has 8 heteroatoms. The van der Waals surface area contributed by atoms with Gasteiger partial charge in [-0.25, -0.2) is 4.79 Å². The average molecular weight is 428 g/mol. The Kier molecular flexibility index (Phi) is 6.14. The number of nitrogens with one attached hydrogen (secondary N) is 2. The summed E-state index contributed by atoms with van der Waals surface area (Å²) in [5, 5.41) is 9.17. The molecule has 150 valence electrons. The Bertz CT molecular complexity index is 1110. The van der Waals surface area contributed by atoms with Gasteiger partial charge in [-0.2, -0.15) is 0 Å². The first-order chi connectivity index (χ1) is 13.8. The number of anilines is 2. The maximum absolute atomic E-state index is 12.5. The number of hydrogen-bond acceptors (Lipinski definition) is 5. The largest absolute Gasteiger partial charge is 0.465 e. The smallest absolute Gasteiger partial charge is 0.341 e. The number of esters is 1. The number of thiocarbonyl (C=S) groups is 1. The number of nitrogens with zero attached hydrogens (tertiary/aromatic N) is 1. The molecule has 0 aliphatic rings. The van der Waals surface area contributed by atoms with Crippen molar-refractivity contribution in [1.29, 1.82) is 0 Å². The monoisotopic (exact) mass is 427 g/mol. The fraction of sp³-hybridized carbons (Fsp3) is 0.190. The normalized spacial score (nSPS) is 10.5. The van der Waals surface area contributed by atoms with Gasteiger partial charge in [0.1, 0.15) is 5.00 Å². The first-order valence-electron chi connectivity index (χ1n) is 8.82. The Balaban J connectivity index is 1.87. The predicted molar refractivity (Wildman–Crippen MR) is 122 cm³/mol. The number of benzene rings is 2. The Labute approximate surface area is 178 Å². The standard InChI is InChI=1S/C21H21N3O3S2/c1-12-16(20(26)27-4)18(29-17(12)19(25)24(2)3)23-21(28)22-15-10-9-13-7-5-6-8-14(13)11-15/h5-11H,1-4H3,(H2,22,23,28). The maximum atomic E-state index is 12.5. The second-order valence-corrected chi connectivity index (χ2v) is 8.02. The number of methoxy groups -OCH3 is 1. The van der Waals surface area contributed by atoms with Gasteiger partial charge in [0.25, 0.3) is 5.91 Å². The molecule has 6 nitrogen and oxygen atoms in total. The fourth-order valence-electron chi connectivity index (χ4n) is 2.89. The summed E-state index contributed by atoms with van der Waals surface area (Å²) in [4.78, 5) is 26.7. The third-order valence-electron chi connectivity index (χ3n) is 4.37. The van der Waals surface area contributed by atoms with Crippen LogP contribution in [-0.2, 0) is 4.74 Å². The van der Waals surface area contributed by atoms with Crippen LogP contribution in [0.4, 0.5) is 10.7 Å². The highest BCUT2D eigenvalue weighted by atomic mass is 32.1. The highest BCUT2D eigenvalue weighted by molar-refractivity contribution is 7.80. The lowest BCUT2D eigenvalue weighted by atomic mass is 10.1. The zero-order valence-corrected chi connectivity index (χ0v) is 18.2. The second-order valence-electron chi connectivity index (χ2n) is 6.59. The summed E-state index contributed by atoms with van der Waals surface area (Å²) >= 11 is 6.61. The zero-order chi connectivity index (χ0) is 21.1. The molecule has 29 heavy (non-hydrogen) atoms. The van der Waals surface area contributed by atoms with Crippen LogP contribution in [0.15, 0.2) is 42.5 Å². The highest BCUT2D eigenvalue weighted by Crippen LogP contribution is 2.34. The molecule has 0 bridgehead atoms. The van der Waals surface area contributed by atoms with E-state index in [0.29, 0.717) is 26.1 Å². The van der Waals surface area contributed by atoms with E-state index in [-0.39, 0.29) is 5.91 Å². The highest BCUT2D eigenvalue weighted by Gasteiger charge is 2.26. The summed E-state index contributed by atoms with van der Waals surface area (Å²) in [6.07, 6.45) is 0. The maximum Gasteiger partial charge on any atom is 0.341 e. The van der Waals surface area contributed by atoms with Crippen molar-refractivity contribution >= 4 is 62.0 Å². The molecule has 0 aliphatic carbocycles. The summed E-state index contributed by atoms with van der Waals surface area (Å²) in [7, 11) is 4.64. The van der Waals surface area contributed by atoms with Crippen molar-refractivity contribution < 1.29 is 14.3 Å². The molecule has 1 heterocycles. The van der Waals surface area contributed by atoms with Gasteiger partial charge in [-0.15, -0.1) is 11.3 Å². The van der Waals surface area contributed by atoms with Crippen molar-refractivity contribution in [2.24, 2.45) is 0 Å². The third kappa shape index (κ3) is 4.38. The molecule has 0 aliphatic heterocycles. The van der Waals surface area contributed by atoms with Gasteiger partial charge >= 0.3 is 5.97 Å². The SMILES string of the molecule is COC(=O)c1c(NC(=S)Nc2ccc3ccccc3c2)sc(C(=O)N(C)C)c1C. The Morgan fingerprint density at radius 3 is 2.41 bits per heavy atom. The van der Waals surface area contributed by atoms with Crippen molar-refractivity contribution in [3.63, 3.8) is 0 Å². The minimum absolute atomic E-state index is 0.181. The van der Waals surface area contributed by atoms with Gasteiger partial charge in [0.05, 0.1) is 17.6 Å². The molecule has 0 fully saturated rings. The molecule has 2 N–H and O–H groups in total. The van der Waals surface area contributed by atoms with Gasteiger partial charge < -0.3 is 20.3 Å². The number of ether oxygens (including phenoxy) is 1. The van der Waals surface area contributed by atoms with Crippen LogP contribution in [0.3, 0.4) is 0 Å². The molecule has 1 amide bonds. The molecule has 0 saturated heterocycles. The lowest BCUT2D eigenvalue weighted by Crippen LogP contribution is -2.21.